The fraction of sp³-hybridized carbons (Fsp3) is 0.333. The number of aliphatic hydroxyl groups excluding tert-OH is 1. The Bertz CT molecular complexity index is 198. The van der Waals surface area contributed by atoms with Gasteiger partial charge in [0.2, 0.25) is 0 Å². The van der Waals surface area contributed by atoms with Gasteiger partial charge < -0.3 is 5.11 Å². The Labute approximate surface area is 75.2 Å². The monoisotopic (exact) mass is 214 g/mol. The Morgan fingerprint density at radius 3 is 2.45 bits per heavy atom. The van der Waals surface area contributed by atoms with Crippen LogP contribution in [0.3, 0.4) is 0 Å². The third-order valence-electron chi connectivity index (χ3n) is 1.49. The van der Waals surface area contributed by atoms with Crippen molar-refractivity contribution in [1.82, 2.24) is 0 Å². The number of benzene rings is 1. The van der Waals surface area contributed by atoms with Crippen molar-refractivity contribution in [2.75, 3.05) is 5.33 Å². The van der Waals surface area contributed by atoms with Crippen LogP contribution in [0, 0.1) is 0 Å². The van der Waals surface area contributed by atoms with Gasteiger partial charge in [0.25, 0.3) is 0 Å². The van der Waals surface area contributed by atoms with Gasteiger partial charge >= 0.3 is 0 Å². The van der Waals surface area contributed by atoms with Crippen molar-refractivity contribution in [2.45, 2.75) is 12.5 Å². The lowest BCUT2D eigenvalue weighted by Gasteiger charge is -2.05. The van der Waals surface area contributed by atoms with Gasteiger partial charge in [0, 0.05) is 5.33 Å². The first-order valence-corrected chi connectivity index (χ1v) is 4.73. The molecule has 0 aliphatic carbocycles. The number of hydrogen-bond donors (Lipinski definition) is 1. The molecule has 2 heteroatoms. The Hall–Kier alpha value is -0.340. The second kappa shape index (κ2) is 4.52. The van der Waals surface area contributed by atoms with E-state index in [0.29, 0.717) is 5.33 Å². The van der Waals surface area contributed by atoms with E-state index in [4.69, 9.17) is 0 Å². The highest BCUT2D eigenvalue weighted by atomic mass is 79.9. The van der Waals surface area contributed by atoms with E-state index in [1.807, 2.05) is 30.3 Å². The van der Waals surface area contributed by atoms with Crippen molar-refractivity contribution in [1.29, 1.82) is 0 Å². The molecule has 0 saturated heterocycles. The molecule has 0 fully saturated rings. The van der Waals surface area contributed by atoms with Gasteiger partial charge in [0.15, 0.2) is 0 Å². The highest BCUT2D eigenvalue weighted by molar-refractivity contribution is 9.09. The summed E-state index contributed by atoms with van der Waals surface area (Å²) >= 11 is 3.22. The maximum absolute atomic E-state index is 9.26. The van der Waals surface area contributed by atoms with Crippen LogP contribution in [0.25, 0.3) is 0 Å². The maximum Gasteiger partial charge on any atom is 0.0677 e. The molecule has 0 bridgehead atoms. The summed E-state index contributed by atoms with van der Waals surface area (Å²) in [6.45, 7) is 0. The summed E-state index contributed by atoms with van der Waals surface area (Å²) in [6, 6.07) is 9.98. The normalized spacial score (nSPS) is 12.9. The molecule has 0 heterocycles. The lowest BCUT2D eigenvalue weighted by Crippen LogP contribution is -2.11. The van der Waals surface area contributed by atoms with Gasteiger partial charge in [-0.25, -0.2) is 0 Å². The average Bonchev–Trinajstić information content (AvgIpc) is 2.06. The lowest BCUT2D eigenvalue weighted by atomic mass is 10.1. The van der Waals surface area contributed by atoms with Gasteiger partial charge in [-0.3, -0.25) is 0 Å². The van der Waals surface area contributed by atoms with E-state index in [2.05, 4.69) is 15.9 Å². The van der Waals surface area contributed by atoms with Crippen LogP contribution in [0.4, 0.5) is 0 Å². The van der Waals surface area contributed by atoms with E-state index in [1.165, 1.54) is 5.56 Å². The SMILES string of the molecule is OC(CBr)Cc1ccccc1. The number of alkyl halides is 1. The maximum atomic E-state index is 9.26. The van der Waals surface area contributed by atoms with Crippen LogP contribution in [-0.4, -0.2) is 16.5 Å². The molecule has 0 saturated carbocycles. The molecule has 1 unspecified atom stereocenters. The summed E-state index contributed by atoms with van der Waals surface area (Å²) in [6.07, 6.45) is 0.462. The minimum atomic E-state index is -0.266. The summed E-state index contributed by atoms with van der Waals surface area (Å²) in [5, 5.41) is 9.91. The van der Waals surface area contributed by atoms with E-state index < -0.39 is 0 Å². The zero-order valence-electron chi connectivity index (χ0n) is 6.20. The van der Waals surface area contributed by atoms with Crippen molar-refractivity contribution in [3.63, 3.8) is 0 Å². The Morgan fingerprint density at radius 2 is 1.91 bits per heavy atom. The summed E-state index contributed by atoms with van der Waals surface area (Å²) in [7, 11) is 0. The molecule has 1 aromatic rings. The summed E-state index contributed by atoms with van der Waals surface area (Å²) in [5.41, 5.74) is 1.18. The van der Waals surface area contributed by atoms with Gasteiger partial charge in [-0.05, 0) is 12.0 Å². The van der Waals surface area contributed by atoms with Gasteiger partial charge in [-0.2, -0.15) is 0 Å². The standard InChI is InChI=1S/C9H11BrO/c10-7-9(11)6-8-4-2-1-3-5-8/h1-5,9,11H,6-7H2. The van der Waals surface area contributed by atoms with Crippen LogP contribution >= 0.6 is 15.9 Å². The molecule has 0 aliphatic rings. The third-order valence-corrected chi connectivity index (χ3v) is 2.24. The topological polar surface area (TPSA) is 20.2 Å². The molecule has 1 N–H and O–H groups in total. The molecule has 1 rings (SSSR count). The van der Waals surface area contributed by atoms with Crippen molar-refractivity contribution in [2.24, 2.45) is 0 Å². The van der Waals surface area contributed by atoms with Crippen LogP contribution in [0.2, 0.25) is 0 Å². The molecular weight excluding hydrogens is 204 g/mol. The molecule has 60 valence electrons. The molecule has 0 radical (unpaired) electrons. The zero-order valence-corrected chi connectivity index (χ0v) is 7.79. The first-order chi connectivity index (χ1) is 5.33. The number of halogens is 1. The lowest BCUT2D eigenvalue weighted by molar-refractivity contribution is 0.201. The van der Waals surface area contributed by atoms with E-state index in [9.17, 15) is 5.11 Å². The average molecular weight is 215 g/mol. The van der Waals surface area contributed by atoms with Gasteiger partial charge in [-0.1, -0.05) is 46.3 Å². The molecule has 1 aromatic carbocycles. The Balaban J connectivity index is 2.51. The van der Waals surface area contributed by atoms with Crippen molar-refractivity contribution >= 4 is 15.9 Å². The predicted octanol–water partition coefficient (Wildman–Crippen LogP) is 1.98. The largest absolute Gasteiger partial charge is 0.392 e. The predicted molar refractivity (Wildman–Crippen MR) is 49.9 cm³/mol. The van der Waals surface area contributed by atoms with Crippen molar-refractivity contribution < 1.29 is 5.11 Å². The second-order valence-electron chi connectivity index (χ2n) is 2.50. The van der Waals surface area contributed by atoms with Crippen molar-refractivity contribution in [3.8, 4) is 0 Å². The highest BCUT2D eigenvalue weighted by Gasteiger charge is 2.01. The van der Waals surface area contributed by atoms with Crippen molar-refractivity contribution in [3.05, 3.63) is 35.9 Å². The van der Waals surface area contributed by atoms with E-state index in [0.717, 1.165) is 6.42 Å². The van der Waals surface area contributed by atoms with Gasteiger partial charge in [-0.15, -0.1) is 0 Å². The number of rotatable bonds is 3. The van der Waals surface area contributed by atoms with Gasteiger partial charge in [0.05, 0.1) is 6.10 Å². The minimum Gasteiger partial charge on any atom is -0.392 e. The molecule has 0 aliphatic heterocycles. The Morgan fingerprint density at radius 1 is 1.27 bits per heavy atom. The molecule has 0 amide bonds. The van der Waals surface area contributed by atoms with Crippen LogP contribution in [0.5, 0.6) is 0 Å². The fourth-order valence-corrected chi connectivity index (χ4v) is 1.17. The Kier molecular flexibility index (Phi) is 3.60. The van der Waals surface area contributed by atoms with Crippen LogP contribution in [0.1, 0.15) is 5.56 Å². The third kappa shape index (κ3) is 3.04. The minimum absolute atomic E-state index is 0.266. The number of aliphatic hydroxyl groups is 1. The smallest absolute Gasteiger partial charge is 0.0677 e. The quantitative estimate of drug-likeness (QED) is 0.764. The van der Waals surface area contributed by atoms with E-state index in [-0.39, 0.29) is 6.10 Å². The zero-order chi connectivity index (χ0) is 8.10. The molecule has 11 heavy (non-hydrogen) atoms. The molecule has 0 aromatic heterocycles. The number of hydrogen-bond acceptors (Lipinski definition) is 1. The fourth-order valence-electron chi connectivity index (χ4n) is 0.941. The second-order valence-corrected chi connectivity index (χ2v) is 3.15. The first-order valence-electron chi connectivity index (χ1n) is 3.61. The van der Waals surface area contributed by atoms with Crippen LogP contribution < -0.4 is 0 Å². The van der Waals surface area contributed by atoms with Crippen LogP contribution in [0.15, 0.2) is 30.3 Å². The molecule has 1 atom stereocenters. The van der Waals surface area contributed by atoms with E-state index in [1.54, 1.807) is 0 Å². The van der Waals surface area contributed by atoms with Crippen LogP contribution in [-0.2, 0) is 6.42 Å². The summed E-state index contributed by atoms with van der Waals surface area (Å²) < 4.78 is 0. The molecule has 0 spiro atoms. The molecule has 1 nitrogen and oxygen atoms in total. The highest BCUT2D eigenvalue weighted by Crippen LogP contribution is 2.04. The first kappa shape index (κ1) is 8.75. The van der Waals surface area contributed by atoms with Gasteiger partial charge in [0.1, 0.15) is 0 Å². The summed E-state index contributed by atoms with van der Waals surface area (Å²) in [5.74, 6) is 0. The van der Waals surface area contributed by atoms with E-state index >= 15 is 0 Å². The summed E-state index contributed by atoms with van der Waals surface area (Å²) in [4.78, 5) is 0. The molecular formula is C9H11BrO.